The number of sulfonamides is 1. The first-order valence-corrected chi connectivity index (χ1v) is 9.87. The fourth-order valence-electron chi connectivity index (χ4n) is 3.60. The second kappa shape index (κ2) is 6.33. The predicted octanol–water partition coefficient (Wildman–Crippen LogP) is 2.96. The maximum absolute atomic E-state index is 12.6. The average Bonchev–Trinajstić information content (AvgIpc) is 2.89. The zero-order chi connectivity index (χ0) is 17.5. The van der Waals surface area contributed by atoms with E-state index >= 15 is 0 Å². The van der Waals surface area contributed by atoms with E-state index in [-0.39, 0.29) is 10.8 Å². The number of carboxylic acid groups (broad SMARTS) is 1. The van der Waals surface area contributed by atoms with Crippen molar-refractivity contribution in [1.82, 2.24) is 4.72 Å². The van der Waals surface area contributed by atoms with Gasteiger partial charge in [0.1, 0.15) is 6.04 Å². The SMILES string of the molecule is CC(C)C(NS(=O)(=O)c1ccc2c(c1)CC1=C2CCCC1)C(=O)O. The standard InChI is InChI=1S/C18H23NO4S/c1-11(2)17(18(20)21)19-24(22,23)14-7-8-16-13(10-14)9-12-5-3-4-6-15(12)16/h7-8,10-11,17,19H,3-6,9H2,1-2H3,(H,20,21). The van der Waals surface area contributed by atoms with Crippen molar-refractivity contribution in [3.63, 3.8) is 0 Å². The summed E-state index contributed by atoms with van der Waals surface area (Å²) in [5, 5.41) is 9.22. The Kier molecular flexibility index (Phi) is 4.53. The summed E-state index contributed by atoms with van der Waals surface area (Å²) in [7, 11) is -3.85. The molecule has 5 nitrogen and oxygen atoms in total. The number of hydrogen-bond donors (Lipinski definition) is 2. The smallest absolute Gasteiger partial charge is 0.322 e. The number of aliphatic carboxylic acids is 1. The molecule has 1 atom stereocenters. The van der Waals surface area contributed by atoms with E-state index in [4.69, 9.17) is 0 Å². The van der Waals surface area contributed by atoms with Crippen molar-refractivity contribution in [2.75, 3.05) is 0 Å². The first-order chi connectivity index (χ1) is 11.3. The summed E-state index contributed by atoms with van der Waals surface area (Å²) >= 11 is 0. The van der Waals surface area contributed by atoms with Gasteiger partial charge >= 0.3 is 5.97 Å². The van der Waals surface area contributed by atoms with Gasteiger partial charge in [-0.1, -0.05) is 25.5 Å². The molecule has 0 heterocycles. The molecule has 0 fully saturated rings. The Morgan fingerprint density at radius 2 is 1.92 bits per heavy atom. The molecule has 0 saturated heterocycles. The molecule has 24 heavy (non-hydrogen) atoms. The lowest BCUT2D eigenvalue weighted by Gasteiger charge is -2.18. The lowest BCUT2D eigenvalue weighted by molar-refractivity contribution is -0.140. The third-order valence-electron chi connectivity index (χ3n) is 4.91. The Balaban J connectivity index is 1.88. The maximum Gasteiger partial charge on any atom is 0.322 e. The number of nitrogens with one attached hydrogen (secondary N) is 1. The van der Waals surface area contributed by atoms with Gasteiger partial charge in [0.25, 0.3) is 0 Å². The molecule has 2 aliphatic carbocycles. The molecule has 1 aromatic carbocycles. The summed E-state index contributed by atoms with van der Waals surface area (Å²) in [6.45, 7) is 3.37. The zero-order valence-electron chi connectivity index (χ0n) is 14.0. The van der Waals surface area contributed by atoms with Crippen LogP contribution in [0.3, 0.4) is 0 Å². The summed E-state index contributed by atoms with van der Waals surface area (Å²) in [5.41, 5.74) is 5.03. The number of carbonyl (C=O) groups is 1. The van der Waals surface area contributed by atoms with Crippen LogP contribution >= 0.6 is 0 Å². The van der Waals surface area contributed by atoms with Crippen LogP contribution in [0.5, 0.6) is 0 Å². The summed E-state index contributed by atoms with van der Waals surface area (Å²) < 4.78 is 27.5. The monoisotopic (exact) mass is 349 g/mol. The summed E-state index contributed by atoms with van der Waals surface area (Å²) in [4.78, 5) is 11.4. The van der Waals surface area contributed by atoms with Gasteiger partial charge in [-0.15, -0.1) is 0 Å². The van der Waals surface area contributed by atoms with Crippen LogP contribution in [0.25, 0.3) is 5.57 Å². The van der Waals surface area contributed by atoms with E-state index in [1.165, 1.54) is 29.6 Å². The molecule has 2 aliphatic rings. The maximum atomic E-state index is 12.6. The van der Waals surface area contributed by atoms with Gasteiger partial charge in [0.05, 0.1) is 4.90 Å². The second-order valence-corrected chi connectivity index (χ2v) is 8.68. The van der Waals surface area contributed by atoms with Gasteiger partial charge < -0.3 is 5.11 Å². The van der Waals surface area contributed by atoms with E-state index < -0.39 is 22.0 Å². The van der Waals surface area contributed by atoms with Gasteiger partial charge in [0, 0.05) is 0 Å². The number of hydrogen-bond acceptors (Lipinski definition) is 3. The average molecular weight is 349 g/mol. The lowest BCUT2D eigenvalue weighted by Crippen LogP contribution is -2.44. The van der Waals surface area contributed by atoms with Crippen molar-refractivity contribution < 1.29 is 18.3 Å². The molecule has 0 amide bonds. The second-order valence-electron chi connectivity index (χ2n) is 6.97. The number of benzene rings is 1. The van der Waals surface area contributed by atoms with Crippen LogP contribution in [0.4, 0.5) is 0 Å². The number of allylic oxidation sites excluding steroid dienone is 2. The van der Waals surface area contributed by atoms with Crippen LogP contribution in [-0.2, 0) is 21.2 Å². The van der Waals surface area contributed by atoms with E-state index in [2.05, 4.69) is 4.72 Å². The molecule has 2 N–H and O–H groups in total. The Labute approximate surface area is 142 Å². The van der Waals surface area contributed by atoms with Crippen LogP contribution < -0.4 is 4.72 Å². The van der Waals surface area contributed by atoms with Crippen LogP contribution in [0.1, 0.15) is 50.7 Å². The number of rotatable bonds is 5. The van der Waals surface area contributed by atoms with Crippen molar-refractivity contribution in [3.05, 3.63) is 34.9 Å². The highest BCUT2D eigenvalue weighted by Gasteiger charge is 2.30. The topological polar surface area (TPSA) is 83.5 Å². The van der Waals surface area contributed by atoms with Gasteiger partial charge in [0.2, 0.25) is 10.0 Å². The number of carboxylic acids is 1. The van der Waals surface area contributed by atoms with Crippen LogP contribution in [0.2, 0.25) is 0 Å². The molecule has 130 valence electrons. The third-order valence-corrected chi connectivity index (χ3v) is 6.35. The minimum atomic E-state index is -3.85. The molecule has 3 rings (SSSR count). The van der Waals surface area contributed by atoms with E-state index in [9.17, 15) is 18.3 Å². The first kappa shape index (κ1) is 17.2. The summed E-state index contributed by atoms with van der Waals surface area (Å²) in [5.74, 6) is -1.49. The summed E-state index contributed by atoms with van der Waals surface area (Å²) in [6.07, 6.45) is 5.38. The molecule has 0 saturated carbocycles. The van der Waals surface area contributed by atoms with Crippen molar-refractivity contribution in [2.24, 2.45) is 5.92 Å². The molecular weight excluding hydrogens is 326 g/mol. The van der Waals surface area contributed by atoms with E-state index in [1.54, 1.807) is 26.0 Å². The van der Waals surface area contributed by atoms with Gasteiger partial charge in [-0.3, -0.25) is 4.79 Å². The largest absolute Gasteiger partial charge is 0.480 e. The number of fused-ring (bicyclic) bond motifs is 2. The Hall–Kier alpha value is -1.66. The van der Waals surface area contributed by atoms with Crippen LogP contribution in [0, 0.1) is 5.92 Å². The van der Waals surface area contributed by atoms with Gasteiger partial charge in [-0.25, -0.2) is 8.42 Å². The van der Waals surface area contributed by atoms with Gasteiger partial charge in [0.15, 0.2) is 0 Å². The lowest BCUT2D eigenvalue weighted by atomic mass is 9.92. The van der Waals surface area contributed by atoms with Crippen LogP contribution in [0.15, 0.2) is 28.7 Å². The molecule has 1 aromatic rings. The fourth-order valence-corrected chi connectivity index (χ4v) is 4.99. The molecule has 0 radical (unpaired) electrons. The van der Waals surface area contributed by atoms with Crippen molar-refractivity contribution in [2.45, 2.75) is 56.9 Å². The molecule has 1 unspecified atom stereocenters. The van der Waals surface area contributed by atoms with Crippen molar-refractivity contribution in [3.8, 4) is 0 Å². The highest BCUT2D eigenvalue weighted by molar-refractivity contribution is 7.89. The highest BCUT2D eigenvalue weighted by atomic mass is 32.2. The van der Waals surface area contributed by atoms with Crippen LogP contribution in [-0.4, -0.2) is 25.5 Å². The quantitative estimate of drug-likeness (QED) is 0.856. The normalized spacial score (nSPS) is 18.5. The minimum Gasteiger partial charge on any atom is -0.480 e. The Morgan fingerprint density at radius 1 is 1.21 bits per heavy atom. The minimum absolute atomic E-state index is 0.146. The summed E-state index contributed by atoms with van der Waals surface area (Å²) in [6, 6.07) is 4.04. The van der Waals surface area contributed by atoms with Crippen molar-refractivity contribution in [1.29, 1.82) is 0 Å². The van der Waals surface area contributed by atoms with E-state index in [0.29, 0.717) is 0 Å². The zero-order valence-corrected chi connectivity index (χ0v) is 14.8. The van der Waals surface area contributed by atoms with E-state index in [1.807, 2.05) is 6.07 Å². The van der Waals surface area contributed by atoms with E-state index in [0.717, 1.165) is 24.8 Å². The highest BCUT2D eigenvalue weighted by Crippen LogP contribution is 2.42. The Bertz CT molecular complexity index is 808. The molecule has 0 bridgehead atoms. The fraction of sp³-hybridized carbons (Fsp3) is 0.500. The molecule has 0 aliphatic heterocycles. The molecular formula is C18H23NO4S. The van der Waals surface area contributed by atoms with Gasteiger partial charge in [-0.05, 0) is 66.9 Å². The molecule has 0 spiro atoms. The molecule has 0 aromatic heterocycles. The van der Waals surface area contributed by atoms with Gasteiger partial charge in [-0.2, -0.15) is 4.72 Å². The third kappa shape index (κ3) is 3.13. The first-order valence-electron chi connectivity index (χ1n) is 8.39. The molecule has 6 heteroatoms. The Morgan fingerprint density at radius 3 is 2.58 bits per heavy atom. The van der Waals surface area contributed by atoms with Crippen molar-refractivity contribution >= 4 is 21.6 Å². The predicted molar refractivity (Wildman–Crippen MR) is 92.1 cm³/mol.